The number of nitrogens with zero attached hydrogens (tertiary/aromatic N) is 2. The SMILES string of the molecule is COc1ccc(Cl)cc1N(C)C(=O)c1cccnc1Oc1cc(Cl)ccc1Cl. The highest BCUT2D eigenvalue weighted by atomic mass is 35.5. The van der Waals surface area contributed by atoms with Crippen LogP contribution in [0.1, 0.15) is 10.4 Å². The van der Waals surface area contributed by atoms with Crippen molar-refractivity contribution >= 4 is 46.4 Å². The summed E-state index contributed by atoms with van der Waals surface area (Å²) >= 11 is 18.2. The average Bonchev–Trinajstić information content (AvgIpc) is 2.70. The van der Waals surface area contributed by atoms with Crippen LogP contribution in [-0.2, 0) is 0 Å². The number of benzene rings is 2. The van der Waals surface area contributed by atoms with Crippen molar-refractivity contribution < 1.29 is 14.3 Å². The van der Waals surface area contributed by atoms with Gasteiger partial charge < -0.3 is 14.4 Å². The maximum atomic E-state index is 13.1. The van der Waals surface area contributed by atoms with E-state index in [9.17, 15) is 4.79 Å². The average molecular weight is 438 g/mol. The standard InChI is InChI=1S/C20H15Cl3N2O3/c1-25(16-10-12(21)6-8-17(16)27-2)20(26)14-4-3-9-24-19(14)28-18-11-13(22)5-7-15(18)23/h3-11H,1-2H3. The van der Waals surface area contributed by atoms with E-state index in [1.165, 1.54) is 18.2 Å². The summed E-state index contributed by atoms with van der Waals surface area (Å²) < 4.78 is 11.1. The molecule has 0 atom stereocenters. The smallest absolute Gasteiger partial charge is 0.263 e. The van der Waals surface area contributed by atoms with Crippen LogP contribution in [0.5, 0.6) is 17.4 Å². The lowest BCUT2D eigenvalue weighted by Crippen LogP contribution is -2.27. The Bertz CT molecular complexity index is 1030. The lowest BCUT2D eigenvalue weighted by molar-refractivity contribution is 0.0989. The van der Waals surface area contributed by atoms with E-state index in [1.807, 2.05) is 0 Å². The number of carbonyl (C=O) groups excluding carboxylic acids is 1. The van der Waals surface area contributed by atoms with E-state index in [4.69, 9.17) is 44.3 Å². The normalized spacial score (nSPS) is 10.5. The van der Waals surface area contributed by atoms with Crippen LogP contribution >= 0.6 is 34.8 Å². The van der Waals surface area contributed by atoms with Crippen LogP contribution < -0.4 is 14.4 Å². The second kappa shape index (κ2) is 8.69. The summed E-state index contributed by atoms with van der Waals surface area (Å²) in [5.41, 5.74) is 0.749. The highest BCUT2D eigenvalue weighted by molar-refractivity contribution is 6.34. The van der Waals surface area contributed by atoms with Crippen LogP contribution in [-0.4, -0.2) is 25.0 Å². The fraction of sp³-hybridized carbons (Fsp3) is 0.100. The first-order valence-corrected chi connectivity index (χ1v) is 9.23. The van der Waals surface area contributed by atoms with Gasteiger partial charge in [-0.05, 0) is 42.5 Å². The molecule has 144 valence electrons. The maximum Gasteiger partial charge on any atom is 0.263 e. The molecule has 0 spiro atoms. The van der Waals surface area contributed by atoms with Crippen LogP contribution in [0.3, 0.4) is 0 Å². The van der Waals surface area contributed by atoms with Crippen LogP contribution in [0.4, 0.5) is 5.69 Å². The molecule has 0 fully saturated rings. The van der Waals surface area contributed by atoms with Crippen molar-refractivity contribution in [1.29, 1.82) is 0 Å². The molecule has 5 nitrogen and oxygen atoms in total. The summed E-state index contributed by atoms with van der Waals surface area (Å²) in [4.78, 5) is 18.7. The molecule has 28 heavy (non-hydrogen) atoms. The van der Waals surface area contributed by atoms with E-state index in [-0.39, 0.29) is 17.4 Å². The van der Waals surface area contributed by atoms with Gasteiger partial charge in [0.25, 0.3) is 5.91 Å². The molecular weight excluding hydrogens is 423 g/mol. The number of pyridine rings is 1. The van der Waals surface area contributed by atoms with Crippen molar-refractivity contribution in [2.24, 2.45) is 0 Å². The van der Waals surface area contributed by atoms with Crippen LogP contribution in [0, 0.1) is 0 Å². The Balaban J connectivity index is 1.97. The molecule has 0 aliphatic heterocycles. The predicted octanol–water partition coefficient (Wildman–Crippen LogP) is 6.12. The summed E-state index contributed by atoms with van der Waals surface area (Å²) in [7, 11) is 3.13. The van der Waals surface area contributed by atoms with Crippen molar-refractivity contribution in [3.63, 3.8) is 0 Å². The number of halogens is 3. The molecule has 1 aromatic heterocycles. The van der Waals surface area contributed by atoms with Crippen molar-refractivity contribution in [2.45, 2.75) is 0 Å². The Hall–Kier alpha value is -2.47. The fourth-order valence-corrected chi connectivity index (χ4v) is 2.99. The van der Waals surface area contributed by atoms with Crippen molar-refractivity contribution in [2.75, 3.05) is 19.1 Å². The molecule has 0 radical (unpaired) electrons. The Morgan fingerprint density at radius 2 is 1.71 bits per heavy atom. The van der Waals surface area contributed by atoms with E-state index in [0.29, 0.717) is 32.3 Å². The molecule has 0 N–H and O–H groups in total. The van der Waals surface area contributed by atoms with Crippen molar-refractivity contribution in [3.05, 3.63) is 75.4 Å². The first kappa shape index (κ1) is 20.3. The summed E-state index contributed by atoms with van der Waals surface area (Å²) in [6.45, 7) is 0. The molecule has 0 aliphatic carbocycles. The molecule has 0 saturated heterocycles. The number of rotatable bonds is 5. The molecular formula is C20H15Cl3N2O3. The Morgan fingerprint density at radius 3 is 2.46 bits per heavy atom. The van der Waals surface area contributed by atoms with E-state index < -0.39 is 0 Å². The van der Waals surface area contributed by atoms with E-state index in [2.05, 4.69) is 4.98 Å². The highest BCUT2D eigenvalue weighted by Crippen LogP contribution is 2.35. The second-order valence-corrected chi connectivity index (χ2v) is 6.99. The number of hydrogen-bond donors (Lipinski definition) is 0. The molecule has 1 heterocycles. The van der Waals surface area contributed by atoms with Crippen LogP contribution in [0.2, 0.25) is 15.1 Å². The van der Waals surface area contributed by atoms with Crippen molar-refractivity contribution in [3.8, 4) is 17.4 Å². The lowest BCUT2D eigenvalue weighted by atomic mass is 10.2. The van der Waals surface area contributed by atoms with Gasteiger partial charge in [-0.1, -0.05) is 34.8 Å². The van der Waals surface area contributed by atoms with Gasteiger partial charge in [0, 0.05) is 29.4 Å². The van der Waals surface area contributed by atoms with Crippen LogP contribution in [0.25, 0.3) is 0 Å². The van der Waals surface area contributed by atoms with Crippen molar-refractivity contribution in [1.82, 2.24) is 4.98 Å². The maximum absolute atomic E-state index is 13.1. The number of amides is 1. The Kier molecular flexibility index (Phi) is 6.29. The predicted molar refractivity (Wildman–Crippen MR) is 112 cm³/mol. The van der Waals surface area contributed by atoms with E-state index in [1.54, 1.807) is 55.6 Å². The summed E-state index contributed by atoms with van der Waals surface area (Å²) in [6, 6.07) is 13.1. The Labute approximate surface area is 177 Å². The van der Waals surface area contributed by atoms with Gasteiger partial charge in [0.15, 0.2) is 0 Å². The minimum Gasteiger partial charge on any atom is -0.495 e. The minimum absolute atomic E-state index is 0.101. The molecule has 3 aromatic rings. The molecule has 1 amide bonds. The molecule has 8 heteroatoms. The lowest BCUT2D eigenvalue weighted by Gasteiger charge is -2.21. The quantitative estimate of drug-likeness (QED) is 0.482. The van der Waals surface area contributed by atoms with Gasteiger partial charge in [-0.2, -0.15) is 0 Å². The summed E-state index contributed by atoms with van der Waals surface area (Å²) in [6.07, 6.45) is 1.52. The number of anilines is 1. The van der Waals surface area contributed by atoms with Gasteiger partial charge in [-0.15, -0.1) is 0 Å². The third kappa shape index (κ3) is 4.33. The molecule has 2 aromatic carbocycles. The zero-order valence-electron chi connectivity index (χ0n) is 14.9. The minimum atomic E-state index is -0.359. The number of carbonyl (C=O) groups is 1. The third-order valence-corrected chi connectivity index (χ3v) is 4.69. The topological polar surface area (TPSA) is 51.7 Å². The molecule has 0 unspecified atom stereocenters. The molecule has 0 aliphatic rings. The number of aromatic nitrogens is 1. The summed E-state index contributed by atoms with van der Waals surface area (Å²) in [5, 5.41) is 1.27. The Morgan fingerprint density at radius 1 is 1.00 bits per heavy atom. The monoisotopic (exact) mass is 436 g/mol. The first-order valence-electron chi connectivity index (χ1n) is 8.10. The highest BCUT2D eigenvalue weighted by Gasteiger charge is 2.22. The zero-order valence-corrected chi connectivity index (χ0v) is 17.2. The zero-order chi connectivity index (χ0) is 20.3. The molecule has 0 bridgehead atoms. The number of ether oxygens (including phenoxy) is 2. The van der Waals surface area contributed by atoms with E-state index in [0.717, 1.165) is 0 Å². The second-order valence-electron chi connectivity index (χ2n) is 5.71. The van der Waals surface area contributed by atoms with Gasteiger partial charge in [-0.3, -0.25) is 4.79 Å². The van der Waals surface area contributed by atoms with Gasteiger partial charge in [-0.25, -0.2) is 4.98 Å². The molecule has 3 rings (SSSR count). The first-order chi connectivity index (χ1) is 13.4. The number of methoxy groups -OCH3 is 1. The van der Waals surface area contributed by atoms with E-state index >= 15 is 0 Å². The van der Waals surface area contributed by atoms with Crippen LogP contribution in [0.15, 0.2) is 54.7 Å². The fourth-order valence-electron chi connectivity index (χ4n) is 2.51. The van der Waals surface area contributed by atoms with Gasteiger partial charge in [0.2, 0.25) is 5.88 Å². The van der Waals surface area contributed by atoms with Gasteiger partial charge in [0.1, 0.15) is 17.1 Å². The van der Waals surface area contributed by atoms with Gasteiger partial charge in [0.05, 0.1) is 17.8 Å². The summed E-state index contributed by atoms with van der Waals surface area (Å²) in [5.74, 6) is 0.542. The largest absolute Gasteiger partial charge is 0.495 e. The number of hydrogen-bond acceptors (Lipinski definition) is 4. The molecule has 0 saturated carbocycles. The third-order valence-electron chi connectivity index (χ3n) is 3.91. The van der Waals surface area contributed by atoms with Gasteiger partial charge >= 0.3 is 0 Å².